The molecule has 0 bridgehead atoms. The number of hydrazone groups is 1. The van der Waals surface area contributed by atoms with E-state index in [1.807, 2.05) is 13.0 Å². The minimum absolute atomic E-state index is 0.683. The highest BCUT2D eigenvalue weighted by Crippen LogP contribution is 2.00. The van der Waals surface area contributed by atoms with Crippen molar-refractivity contribution in [3.63, 3.8) is 0 Å². The molecule has 0 unspecified atom stereocenters. The second kappa shape index (κ2) is 4.20. The molecule has 0 aliphatic heterocycles. The molecular weight excluding hydrogens is 168 g/mol. The van der Waals surface area contributed by atoms with Crippen LogP contribution in [0, 0.1) is 6.92 Å². The number of aromatic nitrogens is 1. The van der Waals surface area contributed by atoms with Crippen molar-refractivity contribution in [2.45, 2.75) is 6.92 Å². The Bertz CT molecular complexity index is 335. The molecule has 1 aromatic heterocycles. The molecule has 0 aliphatic rings. The van der Waals surface area contributed by atoms with Gasteiger partial charge in [0.2, 0.25) is 0 Å². The predicted molar refractivity (Wildman–Crippen MR) is 49.3 cm³/mol. The van der Waals surface area contributed by atoms with Crippen LogP contribution in [-0.4, -0.2) is 17.2 Å². The lowest BCUT2D eigenvalue weighted by Crippen LogP contribution is -2.24. The van der Waals surface area contributed by atoms with E-state index in [2.05, 4.69) is 15.5 Å². The number of pyridine rings is 1. The Balaban J connectivity index is 2.68. The van der Waals surface area contributed by atoms with Gasteiger partial charge in [-0.05, 0) is 18.6 Å². The molecule has 0 radical (unpaired) electrons. The van der Waals surface area contributed by atoms with Crippen molar-refractivity contribution in [1.29, 1.82) is 0 Å². The molecule has 2 amide bonds. The zero-order chi connectivity index (χ0) is 9.68. The highest BCUT2D eigenvalue weighted by atomic mass is 16.2. The molecule has 0 fully saturated rings. The SMILES string of the molecule is Cc1ccncc1/C=N\NC(N)=O. The molecule has 0 aromatic carbocycles. The van der Waals surface area contributed by atoms with Gasteiger partial charge in [0, 0.05) is 18.0 Å². The first kappa shape index (κ1) is 9.18. The summed E-state index contributed by atoms with van der Waals surface area (Å²) >= 11 is 0. The fraction of sp³-hybridized carbons (Fsp3) is 0.125. The maximum atomic E-state index is 10.3. The van der Waals surface area contributed by atoms with Crippen LogP contribution in [0.25, 0.3) is 0 Å². The van der Waals surface area contributed by atoms with Gasteiger partial charge in [0.15, 0.2) is 0 Å². The highest BCUT2D eigenvalue weighted by Gasteiger charge is 1.92. The van der Waals surface area contributed by atoms with Crippen LogP contribution in [0.3, 0.4) is 0 Å². The number of aryl methyl sites for hydroxylation is 1. The van der Waals surface area contributed by atoms with Gasteiger partial charge >= 0.3 is 6.03 Å². The highest BCUT2D eigenvalue weighted by molar-refractivity contribution is 5.82. The van der Waals surface area contributed by atoms with Gasteiger partial charge in [0.25, 0.3) is 0 Å². The van der Waals surface area contributed by atoms with Crippen molar-refractivity contribution < 1.29 is 4.79 Å². The summed E-state index contributed by atoms with van der Waals surface area (Å²) in [5.74, 6) is 0. The second-order valence-corrected chi connectivity index (χ2v) is 2.47. The van der Waals surface area contributed by atoms with E-state index in [1.54, 1.807) is 12.4 Å². The van der Waals surface area contributed by atoms with Crippen LogP contribution in [0.15, 0.2) is 23.6 Å². The monoisotopic (exact) mass is 178 g/mol. The normalized spacial score (nSPS) is 10.2. The summed E-state index contributed by atoms with van der Waals surface area (Å²) in [7, 11) is 0. The molecule has 5 nitrogen and oxygen atoms in total. The van der Waals surface area contributed by atoms with E-state index < -0.39 is 6.03 Å². The second-order valence-electron chi connectivity index (χ2n) is 2.47. The third-order valence-electron chi connectivity index (χ3n) is 1.46. The van der Waals surface area contributed by atoms with Crippen LogP contribution in [0.4, 0.5) is 4.79 Å². The third kappa shape index (κ3) is 2.90. The van der Waals surface area contributed by atoms with Gasteiger partial charge in [0.1, 0.15) is 0 Å². The van der Waals surface area contributed by atoms with E-state index in [-0.39, 0.29) is 0 Å². The molecule has 0 aliphatic carbocycles. The molecule has 0 saturated carbocycles. The van der Waals surface area contributed by atoms with Gasteiger partial charge in [-0.25, -0.2) is 10.2 Å². The van der Waals surface area contributed by atoms with Crippen LogP contribution >= 0.6 is 0 Å². The molecular formula is C8H10N4O. The lowest BCUT2D eigenvalue weighted by molar-refractivity contribution is 0.249. The van der Waals surface area contributed by atoms with Gasteiger partial charge in [-0.3, -0.25) is 4.98 Å². The topological polar surface area (TPSA) is 80.4 Å². The van der Waals surface area contributed by atoms with Crippen molar-refractivity contribution in [3.05, 3.63) is 29.6 Å². The summed E-state index contributed by atoms with van der Waals surface area (Å²) in [4.78, 5) is 14.2. The van der Waals surface area contributed by atoms with Gasteiger partial charge in [-0.1, -0.05) is 0 Å². The number of hydrogen-bond acceptors (Lipinski definition) is 3. The van der Waals surface area contributed by atoms with Crippen LogP contribution in [0.2, 0.25) is 0 Å². The maximum Gasteiger partial charge on any atom is 0.332 e. The Morgan fingerprint density at radius 3 is 3.15 bits per heavy atom. The molecule has 1 rings (SSSR count). The summed E-state index contributed by atoms with van der Waals surface area (Å²) in [5.41, 5.74) is 8.79. The summed E-state index contributed by atoms with van der Waals surface area (Å²) in [5, 5.41) is 3.61. The minimum Gasteiger partial charge on any atom is -0.350 e. The first-order valence-electron chi connectivity index (χ1n) is 3.69. The van der Waals surface area contributed by atoms with Crippen molar-refractivity contribution >= 4 is 12.2 Å². The Morgan fingerprint density at radius 2 is 2.54 bits per heavy atom. The number of hydrogen-bond donors (Lipinski definition) is 2. The number of nitrogens with zero attached hydrogens (tertiary/aromatic N) is 2. The van der Waals surface area contributed by atoms with E-state index in [0.29, 0.717) is 0 Å². The fourth-order valence-corrected chi connectivity index (χ4v) is 0.777. The molecule has 3 N–H and O–H groups in total. The minimum atomic E-state index is -0.683. The lowest BCUT2D eigenvalue weighted by atomic mass is 10.2. The molecule has 0 spiro atoms. The molecule has 68 valence electrons. The largest absolute Gasteiger partial charge is 0.350 e. The van der Waals surface area contributed by atoms with Gasteiger partial charge in [-0.2, -0.15) is 5.10 Å². The van der Waals surface area contributed by atoms with Crippen molar-refractivity contribution in [2.24, 2.45) is 10.8 Å². The Morgan fingerprint density at radius 1 is 1.77 bits per heavy atom. The summed E-state index contributed by atoms with van der Waals surface area (Å²) in [6.07, 6.45) is 4.84. The van der Waals surface area contributed by atoms with E-state index in [1.165, 1.54) is 6.21 Å². The molecule has 1 aromatic rings. The number of carbonyl (C=O) groups is 1. The molecule has 0 atom stereocenters. The Labute approximate surface area is 75.7 Å². The van der Waals surface area contributed by atoms with Crippen LogP contribution in [0.5, 0.6) is 0 Å². The van der Waals surface area contributed by atoms with Crippen LogP contribution in [-0.2, 0) is 0 Å². The summed E-state index contributed by atoms with van der Waals surface area (Å²) in [6, 6.07) is 1.17. The van der Waals surface area contributed by atoms with Crippen molar-refractivity contribution in [1.82, 2.24) is 10.4 Å². The van der Waals surface area contributed by atoms with Crippen molar-refractivity contribution in [3.8, 4) is 0 Å². The van der Waals surface area contributed by atoms with E-state index in [9.17, 15) is 4.79 Å². The van der Waals surface area contributed by atoms with Gasteiger partial charge in [-0.15, -0.1) is 0 Å². The number of nitrogens with one attached hydrogen (secondary N) is 1. The first-order chi connectivity index (χ1) is 6.20. The smallest absolute Gasteiger partial charge is 0.332 e. The molecule has 1 heterocycles. The number of rotatable bonds is 2. The van der Waals surface area contributed by atoms with Gasteiger partial charge < -0.3 is 5.73 Å². The average molecular weight is 178 g/mol. The first-order valence-corrected chi connectivity index (χ1v) is 3.69. The predicted octanol–water partition coefficient (Wildman–Crippen LogP) is 0.392. The summed E-state index contributed by atoms with van der Waals surface area (Å²) in [6.45, 7) is 1.92. The van der Waals surface area contributed by atoms with Crippen LogP contribution in [0.1, 0.15) is 11.1 Å². The van der Waals surface area contributed by atoms with E-state index >= 15 is 0 Å². The molecule has 0 saturated heterocycles. The fourth-order valence-electron chi connectivity index (χ4n) is 0.777. The number of nitrogens with two attached hydrogens (primary N) is 1. The van der Waals surface area contributed by atoms with Crippen LogP contribution < -0.4 is 11.2 Å². The molecule has 13 heavy (non-hydrogen) atoms. The number of amides is 2. The average Bonchev–Trinajstić information content (AvgIpc) is 2.08. The zero-order valence-corrected chi connectivity index (χ0v) is 7.19. The Hall–Kier alpha value is -1.91. The van der Waals surface area contributed by atoms with E-state index in [0.717, 1.165) is 11.1 Å². The number of primary amides is 1. The van der Waals surface area contributed by atoms with Gasteiger partial charge in [0.05, 0.1) is 6.21 Å². The zero-order valence-electron chi connectivity index (χ0n) is 7.19. The Kier molecular flexibility index (Phi) is 2.97. The standard InChI is InChI=1S/C8H10N4O/c1-6-2-3-10-4-7(6)5-11-12-8(9)13/h2-5H,1H3,(H3,9,12,13)/b11-5-. The molecule has 5 heteroatoms. The van der Waals surface area contributed by atoms with E-state index in [4.69, 9.17) is 5.73 Å². The lowest BCUT2D eigenvalue weighted by Gasteiger charge is -1.96. The number of carbonyl (C=O) groups excluding carboxylic acids is 1. The quantitative estimate of drug-likeness (QED) is 0.507. The summed E-state index contributed by atoms with van der Waals surface area (Å²) < 4.78 is 0. The number of urea groups is 1. The third-order valence-corrected chi connectivity index (χ3v) is 1.46. The van der Waals surface area contributed by atoms with Crippen molar-refractivity contribution in [2.75, 3.05) is 0 Å². The maximum absolute atomic E-state index is 10.3.